The van der Waals surface area contributed by atoms with Gasteiger partial charge in [0.1, 0.15) is 5.75 Å². The van der Waals surface area contributed by atoms with Gasteiger partial charge in [0.25, 0.3) is 0 Å². The van der Waals surface area contributed by atoms with E-state index in [1.165, 1.54) is 37.7 Å². The molecular weight excluding hydrogens is 258 g/mol. The van der Waals surface area contributed by atoms with Crippen LogP contribution in [0.1, 0.15) is 64.4 Å². The lowest BCUT2D eigenvalue weighted by molar-refractivity contribution is 0.262. The van der Waals surface area contributed by atoms with Crippen LogP contribution in [0.5, 0.6) is 5.75 Å². The number of hydrogen-bond donors (Lipinski definition) is 1. The SMILES string of the molecule is COc1cccc(C2CC(NC(C)CCCC(C)C)C2)c1. The summed E-state index contributed by atoms with van der Waals surface area (Å²) < 4.78 is 5.31. The molecular formula is C19H31NO. The lowest BCUT2D eigenvalue weighted by atomic mass is 9.75. The highest BCUT2D eigenvalue weighted by molar-refractivity contribution is 5.32. The van der Waals surface area contributed by atoms with E-state index < -0.39 is 0 Å². The van der Waals surface area contributed by atoms with Crippen molar-refractivity contribution >= 4 is 0 Å². The topological polar surface area (TPSA) is 21.3 Å². The zero-order chi connectivity index (χ0) is 15.2. The van der Waals surface area contributed by atoms with Crippen LogP contribution < -0.4 is 10.1 Å². The fourth-order valence-corrected chi connectivity index (χ4v) is 3.24. The normalized spacial score (nSPS) is 22.9. The number of rotatable bonds is 8. The fourth-order valence-electron chi connectivity index (χ4n) is 3.24. The first-order valence-corrected chi connectivity index (χ1v) is 8.48. The molecule has 0 aromatic heterocycles. The molecule has 1 fully saturated rings. The van der Waals surface area contributed by atoms with Crippen molar-refractivity contribution < 1.29 is 4.74 Å². The quantitative estimate of drug-likeness (QED) is 0.746. The van der Waals surface area contributed by atoms with E-state index in [2.05, 4.69) is 44.3 Å². The van der Waals surface area contributed by atoms with Gasteiger partial charge in [-0.15, -0.1) is 0 Å². The molecule has 0 aliphatic heterocycles. The lowest BCUT2D eigenvalue weighted by Crippen LogP contribution is -2.44. The molecule has 0 radical (unpaired) electrons. The molecule has 0 bridgehead atoms. The Balaban J connectivity index is 1.68. The maximum absolute atomic E-state index is 5.31. The Morgan fingerprint density at radius 3 is 2.62 bits per heavy atom. The molecule has 2 heteroatoms. The lowest BCUT2D eigenvalue weighted by Gasteiger charge is -2.38. The summed E-state index contributed by atoms with van der Waals surface area (Å²) in [6.45, 7) is 6.95. The maximum atomic E-state index is 5.31. The highest BCUT2D eigenvalue weighted by atomic mass is 16.5. The number of methoxy groups -OCH3 is 1. The molecule has 2 rings (SSSR count). The molecule has 1 aromatic carbocycles. The van der Waals surface area contributed by atoms with Gasteiger partial charge in [0, 0.05) is 12.1 Å². The summed E-state index contributed by atoms with van der Waals surface area (Å²) in [6, 6.07) is 9.90. The van der Waals surface area contributed by atoms with E-state index in [0.29, 0.717) is 18.0 Å². The molecule has 1 aliphatic rings. The van der Waals surface area contributed by atoms with Crippen molar-refractivity contribution in [3.63, 3.8) is 0 Å². The van der Waals surface area contributed by atoms with E-state index in [-0.39, 0.29) is 0 Å². The second-order valence-electron chi connectivity index (χ2n) is 7.03. The molecule has 0 saturated heterocycles. The van der Waals surface area contributed by atoms with Gasteiger partial charge in [0.2, 0.25) is 0 Å². The fraction of sp³-hybridized carbons (Fsp3) is 0.684. The van der Waals surface area contributed by atoms with Gasteiger partial charge < -0.3 is 10.1 Å². The molecule has 1 unspecified atom stereocenters. The summed E-state index contributed by atoms with van der Waals surface area (Å²) in [5, 5.41) is 3.79. The van der Waals surface area contributed by atoms with E-state index in [1.54, 1.807) is 7.11 Å². The van der Waals surface area contributed by atoms with Gasteiger partial charge in [0.15, 0.2) is 0 Å². The first kappa shape index (κ1) is 16.4. The average Bonchev–Trinajstić information content (AvgIpc) is 2.42. The van der Waals surface area contributed by atoms with Crippen molar-refractivity contribution in [1.82, 2.24) is 5.32 Å². The Morgan fingerprint density at radius 2 is 1.95 bits per heavy atom. The first-order chi connectivity index (χ1) is 10.1. The predicted octanol–water partition coefficient (Wildman–Crippen LogP) is 4.75. The van der Waals surface area contributed by atoms with Crippen LogP contribution in [0.4, 0.5) is 0 Å². The summed E-state index contributed by atoms with van der Waals surface area (Å²) in [4.78, 5) is 0. The van der Waals surface area contributed by atoms with Crippen molar-refractivity contribution in [2.45, 2.75) is 70.9 Å². The number of ether oxygens (including phenoxy) is 1. The van der Waals surface area contributed by atoms with Crippen LogP contribution in [0.15, 0.2) is 24.3 Å². The Morgan fingerprint density at radius 1 is 1.19 bits per heavy atom. The van der Waals surface area contributed by atoms with Crippen molar-refractivity contribution in [3.8, 4) is 5.75 Å². The van der Waals surface area contributed by atoms with Crippen LogP contribution in [0.3, 0.4) is 0 Å². The van der Waals surface area contributed by atoms with Gasteiger partial charge in [-0.2, -0.15) is 0 Å². The zero-order valence-electron chi connectivity index (χ0n) is 14.1. The summed E-state index contributed by atoms with van der Waals surface area (Å²) in [7, 11) is 1.74. The molecule has 1 aliphatic carbocycles. The van der Waals surface area contributed by atoms with E-state index in [1.807, 2.05) is 6.07 Å². The molecule has 1 atom stereocenters. The first-order valence-electron chi connectivity index (χ1n) is 8.48. The molecule has 1 aromatic rings. The number of nitrogens with one attached hydrogen (secondary N) is 1. The Kier molecular flexibility index (Phi) is 6.10. The van der Waals surface area contributed by atoms with Crippen LogP contribution >= 0.6 is 0 Å². The van der Waals surface area contributed by atoms with E-state index >= 15 is 0 Å². The van der Waals surface area contributed by atoms with E-state index in [4.69, 9.17) is 4.74 Å². The van der Waals surface area contributed by atoms with Gasteiger partial charge in [-0.25, -0.2) is 0 Å². The van der Waals surface area contributed by atoms with Crippen LogP contribution in [0.25, 0.3) is 0 Å². The minimum Gasteiger partial charge on any atom is -0.497 e. The van der Waals surface area contributed by atoms with Crippen LogP contribution in [-0.2, 0) is 0 Å². The summed E-state index contributed by atoms with van der Waals surface area (Å²) in [5.74, 6) is 2.52. The average molecular weight is 289 g/mol. The molecule has 1 saturated carbocycles. The van der Waals surface area contributed by atoms with Crippen LogP contribution in [-0.4, -0.2) is 19.2 Å². The smallest absolute Gasteiger partial charge is 0.119 e. The van der Waals surface area contributed by atoms with Gasteiger partial charge in [0.05, 0.1) is 7.11 Å². The van der Waals surface area contributed by atoms with E-state index in [9.17, 15) is 0 Å². The third-order valence-electron chi connectivity index (χ3n) is 4.64. The monoisotopic (exact) mass is 289 g/mol. The molecule has 1 N–H and O–H groups in total. The van der Waals surface area contributed by atoms with Gasteiger partial charge in [-0.05, 0) is 55.7 Å². The molecule has 0 heterocycles. The maximum Gasteiger partial charge on any atom is 0.119 e. The van der Waals surface area contributed by atoms with E-state index in [0.717, 1.165) is 11.7 Å². The largest absolute Gasteiger partial charge is 0.497 e. The molecule has 0 spiro atoms. The Hall–Kier alpha value is -1.02. The minimum atomic E-state index is 0.653. The van der Waals surface area contributed by atoms with Gasteiger partial charge >= 0.3 is 0 Å². The van der Waals surface area contributed by atoms with Gasteiger partial charge in [-0.3, -0.25) is 0 Å². The zero-order valence-corrected chi connectivity index (χ0v) is 14.1. The van der Waals surface area contributed by atoms with Crippen LogP contribution in [0, 0.1) is 5.92 Å². The molecule has 2 nitrogen and oxygen atoms in total. The van der Waals surface area contributed by atoms with Crippen molar-refractivity contribution in [2.75, 3.05) is 7.11 Å². The summed E-state index contributed by atoms with van der Waals surface area (Å²) >= 11 is 0. The van der Waals surface area contributed by atoms with Crippen molar-refractivity contribution in [2.24, 2.45) is 5.92 Å². The van der Waals surface area contributed by atoms with Crippen molar-refractivity contribution in [3.05, 3.63) is 29.8 Å². The highest BCUT2D eigenvalue weighted by Gasteiger charge is 2.30. The standard InChI is InChI=1S/C19H31NO/c1-14(2)7-5-8-15(3)20-18-11-17(12-18)16-9-6-10-19(13-16)21-4/h6,9-10,13-15,17-18,20H,5,7-8,11-12H2,1-4H3. The summed E-state index contributed by atoms with van der Waals surface area (Å²) in [5.41, 5.74) is 1.43. The number of hydrogen-bond acceptors (Lipinski definition) is 2. The molecule has 0 amide bonds. The Bertz CT molecular complexity index is 423. The number of benzene rings is 1. The minimum absolute atomic E-state index is 0.653. The third kappa shape index (κ3) is 5.03. The third-order valence-corrected chi connectivity index (χ3v) is 4.64. The summed E-state index contributed by atoms with van der Waals surface area (Å²) in [6.07, 6.45) is 6.53. The second-order valence-corrected chi connectivity index (χ2v) is 7.03. The highest BCUT2D eigenvalue weighted by Crippen LogP contribution is 2.38. The van der Waals surface area contributed by atoms with Crippen LogP contribution in [0.2, 0.25) is 0 Å². The van der Waals surface area contributed by atoms with Gasteiger partial charge in [-0.1, -0.05) is 38.8 Å². The predicted molar refractivity (Wildman–Crippen MR) is 90.0 cm³/mol. The second kappa shape index (κ2) is 7.84. The Labute approximate surface area is 130 Å². The molecule has 21 heavy (non-hydrogen) atoms. The van der Waals surface area contributed by atoms with Crippen molar-refractivity contribution in [1.29, 1.82) is 0 Å². The molecule has 118 valence electrons.